The maximum atomic E-state index is 13.2. The number of nitriles is 1. The predicted octanol–water partition coefficient (Wildman–Crippen LogP) is 3.77. The number of halogens is 2. The summed E-state index contributed by atoms with van der Waals surface area (Å²) in [5, 5.41) is 15.8. The molecule has 41 heavy (non-hydrogen) atoms. The standard InChI is InChI=1S/C30H41F2N6O2P/c1-2-5-25(38-13-11-29(20-34,28(38)40)24-8-9-24)16-27(35)37-19-26(39)15-21-6-3-7-22(14-21)23(17-33)18-36-12-4-10-30(31,32)41/h3,5-7,14,16,18,24,36-37H,2,4,8-13,15,17,19,33,35,41H2,1H3/b23-18+,25-5+,27-16+. The van der Waals surface area contributed by atoms with Crippen molar-refractivity contribution in [2.24, 2.45) is 22.8 Å². The van der Waals surface area contributed by atoms with Gasteiger partial charge in [0.15, 0.2) is 5.78 Å². The van der Waals surface area contributed by atoms with Crippen molar-refractivity contribution < 1.29 is 18.4 Å². The van der Waals surface area contributed by atoms with Crippen LogP contribution >= 0.6 is 9.24 Å². The second-order valence-corrected chi connectivity index (χ2v) is 11.5. The average Bonchev–Trinajstić information content (AvgIpc) is 3.72. The first kappa shape index (κ1) is 32.2. The number of allylic oxidation sites excluding steroid dienone is 2. The first-order valence-corrected chi connectivity index (χ1v) is 14.6. The van der Waals surface area contributed by atoms with E-state index in [1.54, 1.807) is 26.4 Å². The van der Waals surface area contributed by atoms with Gasteiger partial charge in [-0.1, -0.05) is 46.5 Å². The van der Waals surface area contributed by atoms with E-state index in [0.29, 0.717) is 38.0 Å². The Labute approximate surface area is 243 Å². The van der Waals surface area contributed by atoms with Gasteiger partial charge in [0.25, 0.3) is 5.66 Å². The SMILES string of the molecule is CC/C=C(\C=C(/N)NCC(=O)Cc1cccc(/C(=C/NCCCC(F)(F)P)CN)c1)N1CCC(C#N)(C2CC2)C1=O. The molecule has 1 aliphatic carbocycles. The first-order valence-electron chi connectivity index (χ1n) is 14.1. The van der Waals surface area contributed by atoms with E-state index in [2.05, 4.69) is 16.7 Å². The molecule has 2 aliphatic rings. The Hall–Kier alpha value is -3.28. The molecule has 1 aliphatic heterocycles. The second kappa shape index (κ2) is 14.6. The number of nitrogens with two attached hydrogens (primary N) is 2. The number of hydrogen-bond donors (Lipinski definition) is 4. The number of rotatable bonds is 16. The van der Waals surface area contributed by atoms with E-state index < -0.39 is 11.1 Å². The van der Waals surface area contributed by atoms with E-state index in [1.807, 2.05) is 37.3 Å². The predicted molar refractivity (Wildman–Crippen MR) is 160 cm³/mol. The van der Waals surface area contributed by atoms with Crippen molar-refractivity contribution in [3.63, 3.8) is 0 Å². The summed E-state index contributed by atoms with van der Waals surface area (Å²) in [6, 6.07) is 9.76. The van der Waals surface area contributed by atoms with Crippen molar-refractivity contribution in [2.75, 3.05) is 26.2 Å². The van der Waals surface area contributed by atoms with Gasteiger partial charge in [0.05, 0.1) is 18.4 Å². The quantitative estimate of drug-likeness (QED) is 0.131. The number of alkyl halides is 2. The molecule has 2 unspecified atom stereocenters. The lowest BCUT2D eigenvalue weighted by Crippen LogP contribution is -2.35. The Morgan fingerprint density at radius 2 is 2.12 bits per heavy atom. The zero-order valence-corrected chi connectivity index (χ0v) is 24.8. The zero-order valence-electron chi connectivity index (χ0n) is 23.6. The summed E-state index contributed by atoms with van der Waals surface area (Å²) >= 11 is 0. The first-order chi connectivity index (χ1) is 19.5. The number of amides is 1. The highest BCUT2D eigenvalue weighted by Crippen LogP contribution is 2.51. The van der Waals surface area contributed by atoms with Crippen LogP contribution in [0.2, 0.25) is 0 Å². The van der Waals surface area contributed by atoms with Crippen LogP contribution < -0.4 is 22.1 Å². The maximum absolute atomic E-state index is 13.2. The van der Waals surface area contributed by atoms with E-state index >= 15 is 0 Å². The molecule has 2 atom stereocenters. The fraction of sp³-hybridized carbons (Fsp3) is 0.500. The fourth-order valence-corrected chi connectivity index (χ4v) is 5.26. The monoisotopic (exact) mass is 586 g/mol. The van der Waals surface area contributed by atoms with Crippen molar-refractivity contribution >= 4 is 26.5 Å². The third kappa shape index (κ3) is 9.11. The number of nitrogens with one attached hydrogen (secondary N) is 2. The van der Waals surface area contributed by atoms with Crippen LogP contribution in [0.15, 0.2) is 54.1 Å². The van der Waals surface area contributed by atoms with Crippen molar-refractivity contribution in [3.8, 4) is 6.07 Å². The summed E-state index contributed by atoms with van der Waals surface area (Å²) in [5.41, 5.74) is 11.5. The van der Waals surface area contributed by atoms with Crippen molar-refractivity contribution in [1.82, 2.24) is 15.5 Å². The molecule has 8 nitrogen and oxygen atoms in total. The molecular formula is C30H41F2N6O2P. The largest absolute Gasteiger partial charge is 0.391 e. The Morgan fingerprint density at radius 3 is 2.76 bits per heavy atom. The van der Waals surface area contributed by atoms with Crippen LogP contribution in [0.4, 0.5) is 8.78 Å². The van der Waals surface area contributed by atoms with Crippen LogP contribution in [-0.2, 0) is 16.0 Å². The summed E-state index contributed by atoms with van der Waals surface area (Å²) in [7, 11) is 1.54. The number of benzene rings is 1. The third-order valence-corrected chi connectivity index (χ3v) is 7.66. The highest BCUT2D eigenvalue weighted by Gasteiger charge is 2.56. The number of Topliss-reactive ketones (excluding diaryl/α,β-unsaturated/α-hetero) is 1. The Bertz CT molecular complexity index is 1230. The molecule has 0 bridgehead atoms. The lowest BCUT2D eigenvalue weighted by atomic mass is 9.83. The van der Waals surface area contributed by atoms with Gasteiger partial charge in [-0.2, -0.15) is 5.26 Å². The fourth-order valence-electron chi connectivity index (χ4n) is 5.05. The normalized spacial score (nSPS) is 20.2. The summed E-state index contributed by atoms with van der Waals surface area (Å²) in [5.74, 6) is 0.157. The number of hydrogen-bond acceptors (Lipinski definition) is 7. The minimum atomic E-state index is -2.76. The van der Waals surface area contributed by atoms with Crippen molar-refractivity contribution in [2.45, 2.75) is 57.5 Å². The highest BCUT2D eigenvalue weighted by molar-refractivity contribution is 7.18. The number of carbonyl (C=O) groups is 2. The molecule has 11 heteroatoms. The van der Waals surface area contributed by atoms with Gasteiger partial charge in [0, 0.05) is 50.4 Å². The average molecular weight is 587 g/mol. The van der Waals surface area contributed by atoms with E-state index in [4.69, 9.17) is 11.5 Å². The molecule has 1 heterocycles. The molecule has 1 aromatic carbocycles. The van der Waals surface area contributed by atoms with Crippen molar-refractivity contribution in [1.29, 1.82) is 5.26 Å². The minimum Gasteiger partial charge on any atom is -0.391 e. The third-order valence-electron chi connectivity index (χ3n) is 7.37. The Morgan fingerprint density at radius 1 is 1.37 bits per heavy atom. The van der Waals surface area contributed by atoms with Gasteiger partial charge < -0.3 is 27.0 Å². The molecule has 1 saturated heterocycles. The van der Waals surface area contributed by atoms with Gasteiger partial charge in [0.1, 0.15) is 5.41 Å². The van der Waals surface area contributed by atoms with Gasteiger partial charge in [0.2, 0.25) is 5.91 Å². The molecule has 1 amide bonds. The number of carbonyl (C=O) groups excluding carboxylic acids is 2. The molecule has 6 N–H and O–H groups in total. The van der Waals surface area contributed by atoms with Gasteiger partial charge in [-0.25, -0.2) is 8.78 Å². The number of ketones is 1. The number of likely N-dealkylation sites (tertiary alicyclic amines) is 1. The van der Waals surface area contributed by atoms with Gasteiger partial charge >= 0.3 is 0 Å². The van der Waals surface area contributed by atoms with E-state index in [0.717, 1.165) is 29.5 Å². The summed E-state index contributed by atoms with van der Waals surface area (Å²) in [6.07, 6.45) is 8.57. The molecule has 0 spiro atoms. The smallest absolute Gasteiger partial charge is 0.259 e. The van der Waals surface area contributed by atoms with E-state index in [1.165, 1.54) is 0 Å². The molecular weight excluding hydrogens is 545 g/mol. The summed E-state index contributed by atoms with van der Waals surface area (Å²) < 4.78 is 25.9. The van der Waals surface area contributed by atoms with Crippen LogP contribution in [-0.4, -0.2) is 48.4 Å². The molecule has 0 aromatic heterocycles. The van der Waals surface area contributed by atoms with Crippen LogP contribution in [0.5, 0.6) is 0 Å². The van der Waals surface area contributed by atoms with Crippen LogP contribution in [0.3, 0.4) is 0 Å². The molecule has 2 fully saturated rings. The molecule has 1 aromatic rings. The zero-order chi connectivity index (χ0) is 30.0. The molecule has 1 saturated carbocycles. The van der Waals surface area contributed by atoms with Crippen LogP contribution in [0.25, 0.3) is 5.57 Å². The van der Waals surface area contributed by atoms with Crippen LogP contribution in [0.1, 0.15) is 56.6 Å². The highest BCUT2D eigenvalue weighted by atomic mass is 31.0. The second-order valence-electron chi connectivity index (χ2n) is 10.7. The van der Waals surface area contributed by atoms with E-state index in [-0.39, 0.29) is 49.4 Å². The van der Waals surface area contributed by atoms with Crippen molar-refractivity contribution in [3.05, 3.63) is 65.3 Å². The van der Waals surface area contributed by atoms with Gasteiger partial charge in [-0.05, 0) is 54.7 Å². The molecule has 222 valence electrons. The van der Waals surface area contributed by atoms with Crippen LogP contribution in [0, 0.1) is 22.7 Å². The summed E-state index contributed by atoms with van der Waals surface area (Å²) in [4.78, 5) is 27.6. The summed E-state index contributed by atoms with van der Waals surface area (Å²) in [6.45, 7) is 3.08. The maximum Gasteiger partial charge on any atom is 0.259 e. The van der Waals surface area contributed by atoms with Gasteiger partial charge in [-0.3, -0.25) is 9.59 Å². The van der Waals surface area contributed by atoms with E-state index in [9.17, 15) is 23.6 Å². The minimum absolute atomic E-state index is 0.00556. The van der Waals surface area contributed by atoms with Gasteiger partial charge in [-0.15, -0.1) is 0 Å². The lowest BCUT2D eigenvalue weighted by Gasteiger charge is -2.22. The molecule has 3 rings (SSSR count). The Kier molecular flexibility index (Phi) is 11.5. The topological polar surface area (TPSA) is 137 Å². The molecule has 0 radical (unpaired) electrons. The number of nitrogens with zero attached hydrogens (tertiary/aromatic N) is 2. The Balaban J connectivity index is 1.56. The lowest BCUT2D eigenvalue weighted by molar-refractivity contribution is -0.132.